The van der Waals surface area contributed by atoms with E-state index in [0.717, 1.165) is 12.8 Å². The quantitative estimate of drug-likeness (QED) is 0.441. The highest BCUT2D eigenvalue weighted by Gasteiger charge is 2.15. The number of hydrogen-bond donors (Lipinski definition) is 2. The summed E-state index contributed by atoms with van der Waals surface area (Å²) in [5, 5.41) is 8.97. The molecule has 6 heteroatoms. The van der Waals surface area contributed by atoms with Crippen LogP contribution in [0.2, 0.25) is 0 Å². The number of rotatable bonds is 14. The summed E-state index contributed by atoms with van der Waals surface area (Å²) in [6.07, 6.45) is 1.59. The summed E-state index contributed by atoms with van der Waals surface area (Å²) in [7, 11) is 1.64. The van der Waals surface area contributed by atoms with Gasteiger partial charge in [0.15, 0.2) is 0 Å². The first-order chi connectivity index (χ1) is 9.12. The fourth-order valence-electron chi connectivity index (χ4n) is 1.34. The van der Waals surface area contributed by atoms with Crippen LogP contribution in [0.15, 0.2) is 0 Å². The highest BCUT2D eigenvalue weighted by molar-refractivity contribution is 4.76. The average Bonchev–Trinajstić information content (AvgIpc) is 2.40. The molecule has 0 heterocycles. The van der Waals surface area contributed by atoms with Crippen molar-refractivity contribution < 1.29 is 24.1 Å². The summed E-state index contributed by atoms with van der Waals surface area (Å²) < 4.78 is 20.8. The minimum absolute atomic E-state index is 0.000811. The van der Waals surface area contributed by atoms with Crippen molar-refractivity contribution in [1.29, 1.82) is 0 Å². The van der Waals surface area contributed by atoms with Crippen LogP contribution in [0.1, 0.15) is 19.8 Å². The molecule has 0 aromatic carbocycles. The summed E-state index contributed by atoms with van der Waals surface area (Å²) in [5.41, 5.74) is 5.29. The standard InChI is InChI=1S/C13H29NO5/c1-13(14,12-15)4-3-5-17-8-9-19-11-10-18-7-6-16-2/h15H,3-12,14H2,1-2H3. The number of nitrogens with two attached hydrogens (primary N) is 1. The normalized spacial score (nSPS) is 14.5. The van der Waals surface area contributed by atoms with Gasteiger partial charge in [-0.25, -0.2) is 0 Å². The second kappa shape index (κ2) is 12.8. The Morgan fingerprint density at radius 2 is 1.37 bits per heavy atom. The van der Waals surface area contributed by atoms with Gasteiger partial charge in [0.2, 0.25) is 0 Å². The first-order valence-corrected chi connectivity index (χ1v) is 6.74. The lowest BCUT2D eigenvalue weighted by atomic mass is 9.99. The van der Waals surface area contributed by atoms with Gasteiger partial charge < -0.3 is 29.8 Å². The molecule has 0 aromatic heterocycles. The Hall–Kier alpha value is -0.240. The second-order valence-corrected chi connectivity index (χ2v) is 4.75. The highest BCUT2D eigenvalue weighted by atomic mass is 16.6. The minimum atomic E-state index is -0.501. The summed E-state index contributed by atoms with van der Waals surface area (Å²) in [6, 6.07) is 0. The number of hydrogen-bond acceptors (Lipinski definition) is 6. The van der Waals surface area contributed by atoms with Gasteiger partial charge in [-0.1, -0.05) is 0 Å². The maximum absolute atomic E-state index is 8.97. The van der Waals surface area contributed by atoms with Crippen molar-refractivity contribution in [2.24, 2.45) is 5.73 Å². The van der Waals surface area contributed by atoms with E-state index in [4.69, 9.17) is 29.8 Å². The van der Waals surface area contributed by atoms with E-state index in [0.29, 0.717) is 46.2 Å². The molecule has 0 aliphatic carbocycles. The molecule has 0 radical (unpaired) electrons. The summed E-state index contributed by atoms with van der Waals surface area (Å²) in [5.74, 6) is 0. The molecule has 1 atom stereocenters. The van der Waals surface area contributed by atoms with E-state index < -0.39 is 5.54 Å². The number of ether oxygens (including phenoxy) is 4. The van der Waals surface area contributed by atoms with Crippen LogP contribution in [0.5, 0.6) is 0 Å². The molecule has 0 spiro atoms. The Balaban J connectivity index is 3.07. The van der Waals surface area contributed by atoms with Gasteiger partial charge in [-0.2, -0.15) is 0 Å². The van der Waals surface area contributed by atoms with Gasteiger partial charge >= 0.3 is 0 Å². The van der Waals surface area contributed by atoms with Gasteiger partial charge in [0.25, 0.3) is 0 Å². The van der Waals surface area contributed by atoms with Crippen LogP contribution in [-0.2, 0) is 18.9 Å². The van der Waals surface area contributed by atoms with Crippen molar-refractivity contribution in [2.75, 3.05) is 60.0 Å². The van der Waals surface area contributed by atoms with E-state index in [1.807, 2.05) is 6.92 Å². The minimum Gasteiger partial charge on any atom is -0.394 e. The lowest BCUT2D eigenvalue weighted by molar-refractivity contribution is 0.00266. The van der Waals surface area contributed by atoms with Crippen molar-refractivity contribution in [3.05, 3.63) is 0 Å². The van der Waals surface area contributed by atoms with Crippen LogP contribution in [0.25, 0.3) is 0 Å². The first-order valence-electron chi connectivity index (χ1n) is 6.74. The molecule has 0 aliphatic heterocycles. The molecule has 19 heavy (non-hydrogen) atoms. The van der Waals surface area contributed by atoms with E-state index in [1.54, 1.807) is 7.11 Å². The Bertz CT molecular complexity index is 190. The molecule has 0 amide bonds. The van der Waals surface area contributed by atoms with Crippen molar-refractivity contribution in [3.63, 3.8) is 0 Å². The SMILES string of the molecule is COCCOCCOCCOCCCC(C)(N)CO. The van der Waals surface area contributed by atoms with Crippen LogP contribution < -0.4 is 5.73 Å². The van der Waals surface area contributed by atoms with Crippen LogP contribution in [-0.4, -0.2) is 70.6 Å². The largest absolute Gasteiger partial charge is 0.394 e. The van der Waals surface area contributed by atoms with Crippen molar-refractivity contribution in [2.45, 2.75) is 25.3 Å². The van der Waals surface area contributed by atoms with Gasteiger partial charge in [-0.15, -0.1) is 0 Å². The third-order valence-corrected chi connectivity index (χ3v) is 2.57. The molecule has 0 saturated heterocycles. The third-order valence-electron chi connectivity index (χ3n) is 2.57. The lowest BCUT2D eigenvalue weighted by Gasteiger charge is -2.21. The Morgan fingerprint density at radius 3 is 1.84 bits per heavy atom. The average molecular weight is 279 g/mol. The van der Waals surface area contributed by atoms with Crippen molar-refractivity contribution in [1.82, 2.24) is 0 Å². The monoisotopic (exact) mass is 279 g/mol. The summed E-state index contributed by atoms with van der Waals surface area (Å²) >= 11 is 0. The molecule has 1 unspecified atom stereocenters. The fraction of sp³-hybridized carbons (Fsp3) is 1.00. The lowest BCUT2D eigenvalue weighted by Crippen LogP contribution is -2.40. The molecule has 116 valence electrons. The van der Waals surface area contributed by atoms with Gasteiger partial charge in [-0.05, 0) is 19.8 Å². The zero-order chi connectivity index (χ0) is 14.4. The van der Waals surface area contributed by atoms with E-state index in [-0.39, 0.29) is 6.61 Å². The fourth-order valence-corrected chi connectivity index (χ4v) is 1.34. The molecule has 0 aromatic rings. The predicted molar refractivity (Wildman–Crippen MR) is 73.2 cm³/mol. The zero-order valence-electron chi connectivity index (χ0n) is 12.2. The molecule has 0 saturated carbocycles. The van der Waals surface area contributed by atoms with Gasteiger partial charge in [-0.3, -0.25) is 0 Å². The van der Waals surface area contributed by atoms with Crippen LogP contribution >= 0.6 is 0 Å². The number of aliphatic hydroxyl groups is 1. The molecular weight excluding hydrogens is 250 g/mol. The smallest absolute Gasteiger partial charge is 0.0701 e. The van der Waals surface area contributed by atoms with Gasteiger partial charge in [0.05, 0.1) is 46.2 Å². The van der Waals surface area contributed by atoms with Crippen LogP contribution in [0.3, 0.4) is 0 Å². The molecule has 6 nitrogen and oxygen atoms in total. The van der Waals surface area contributed by atoms with Gasteiger partial charge in [0, 0.05) is 19.3 Å². The molecule has 0 rings (SSSR count). The zero-order valence-corrected chi connectivity index (χ0v) is 12.2. The Labute approximate surface area is 116 Å². The maximum atomic E-state index is 8.97. The second-order valence-electron chi connectivity index (χ2n) is 4.75. The first kappa shape index (κ1) is 18.8. The van der Waals surface area contributed by atoms with E-state index in [9.17, 15) is 0 Å². The van der Waals surface area contributed by atoms with Crippen molar-refractivity contribution in [3.8, 4) is 0 Å². The van der Waals surface area contributed by atoms with Crippen LogP contribution in [0.4, 0.5) is 0 Å². The topological polar surface area (TPSA) is 83.2 Å². The molecule has 0 aliphatic rings. The number of aliphatic hydroxyl groups excluding tert-OH is 1. The summed E-state index contributed by atoms with van der Waals surface area (Å²) in [4.78, 5) is 0. The summed E-state index contributed by atoms with van der Waals surface area (Å²) in [6.45, 7) is 5.95. The van der Waals surface area contributed by atoms with Crippen LogP contribution in [0, 0.1) is 0 Å². The third kappa shape index (κ3) is 14.0. The molecule has 3 N–H and O–H groups in total. The Morgan fingerprint density at radius 1 is 0.895 bits per heavy atom. The highest BCUT2D eigenvalue weighted by Crippen LogP contribution is 2.07. The van der Waals surface area contributed by atoms with E-state index >= 15 is 0 Å². The molecule has 0 fully saturated rings. The van der Waals surface area contributed by atoms with Gasteiger partial charge in [0.1, 0.15) is 0 Å². The maximum Gasteiger partial charge on any atom is 0.0701 e. The predicted octanol–water partition coefficient (Wildman–Crippen LogP) is 0.173. The number of methoxy groups -OCH3 is 1. The Kier molecular flexibility index (Phi) is 12.6. The molecule has 0 bridgehead atoms. The van der Waals surface area contributed by atoms with E-state index in [1.165, 1.54) is 0 Å². The van der Waals surface area contributed by atoms with Crippen molar-refractivity contribution >= 4 is 0 Å². The van der Waals surface area contributed by atoms with E-state index in [2.05, 4.69) is 0 Å². The molecular formula is C13H29NO5.